The van der Waals surface area contributed by atoms with E-state index < -0.39 is 6.10 Å². The van der Waals surface area contributed by atoms with Crippen LogP contribution in [0.4, 0.5) is 0 Å². The van der Waals surface area contributed by atoms with Crippen LogP contribution in [0, 0.1) is 0 Å². The standard InChI is InChI=1S/C63H108O5/c1-4-7-10-13-16-19-22-25-28-30-31-32-34-37-40-43-46-49-52-55-58-66-59-61(68-63(65)57-54-51-48-45-42-39-35-27-24-21-18-15-12-9-6-3)60-67-62(64)56-53-50-47-44-41-38-36-33-29-26-23-20-17-14-11-8-5-2/h8-9,11-12,17-18,20-21,26-27,29,35-36,38,44,47,61H,4-7,10,13-16,19,22-25,28,30-34,37,39-43,45-46,48-60H2,1-3H3/b11-8-,12-9-,20-17-,21-18-,29-26-,35-27-,38-36-,47-44-. The Bertz CT molecular complexity index is 1300. The molecule has 5 heteroatoms. The molecule has 0 amide bonds. The van der Waals surface area contributed by atoms with E-state index in [2.05, 4.69) is 118 Å². The van der Waals surface area contributed by atoms with Crippen molar-refractivity contribution >= 4 is 11.9 Å². The van der Waals surface area contributed by atoms with E-state index in [0.717, 1.165) is 103 Å². The Morgan fingerprint density at radius 2 is 0.676 bits per heavy atom. The van der Waals surface area contributed by atoms with E-state index in [-0.39, 0.29) is 25.2 Å². The fourth-order valence-electron chi connectivity index (χ4n) is 7.91. The summed E-state index contributed by atoms with van der Waals surface area (Å²) in [6, 6.07) is 0. The first-order valence-corrected chi connectivity index (χ1v) is 28.8. The SMILES string of the molecule is CC/C=C\C/C=C\C/C=C\C/C=C\C/C=C\CCCC(=O)OCC(COCCCCCCCCCCCCCCCCCCCCCC)OC(=O)CCCCCCC/C=C\C/C=C\C/C=C\CC. The summed E-state index contributed by atoms with van der Waals surface area (Å²) in [5.41, 5.74) is 0. The molecule has 0 bridgehead atoms. The van der Waals surface area contributed by atoms with E-state index in [1.54, 1.807) is 0 Å². The van der Waals surface area contributed by atoms with Gasteiger partial charge in [-0.15, -0.1) is 0 Å². The zero-order valence-corrected chi connectivity index (χ0v) is 44.8. The lowest BCUT2D eigenvalue weighted by atomic mass is 10.0. The molecule has 390 valence electrons. The van der Waals surface area contributed by atoms with Crippen molar-refractivity contribution in [3.63, 3.8) is 0 Å². The second-order valence-electron chi connectivity index (χ2n) is 18.8. The van der Waals surface area contributed by atoms with Crippen LogP contribution >= 0.6 is 0 Å². The Kier molecular flexibility index (Phi) is 55.4. The Morgan fingerprint density at radius 1 is 0.338 bits per heavy atom. The largest absolute Gasteiger partial charge is 0.462 e. The van der Waals surface area contributed by atoms with Gasteiger partial charge in [-0.25, -0.2) is 0 Å². The Labute approximate surface area is 422 Å². The molecule has 0 radical (unpaired) electrons. The maximum Gasteiger partial charge on any atom is 0.306 e. The third-order valence-electron chi connectivity index (χ3n) is 12.1. The first-order valence-electron chi connectivity index (χ1n) is 28.8. The van der Waals surface area contributed by atoms with Gasteiger partial charge in [0.05, 0.1) is 6.61 Å². The van der Waals surface area contributed by atoms with Gasteiger partial charge in [-0.3, -0.25) is 9.59 Å². The van der Waals surface area contributed by atoms with Crippen LogP contribution in [0.5, 0.6) is 0 Å². The van der Waals surface area contributed by atoms with Crippen molar-refractivity contribution in [1.82, 2.24) is 0 Å². The highest BCUT2D eigenvalue weighted by Gasteiger charge is 2.17. The van der Waals surface area contributed by atoms with Gasteiger partial charge in [0, 0.05) is 19.4 Å². The number of rotatable bonds is 52. The molecule has 0 heterocycles. The lowest BCUT2D eigenvalue weighted by molar-refractivity contribution is -0.163. The van der Waals surface area contributed by atoms with Gasteiger partial charge in [0.15, 0.2) is 6.10 Å². The molecule has 0 saturated heterocycles. The fourth-order valence-corrected chi connectivity index (χ4v) is 7.91. The van der Waals surface area contributed by atoms with Gasteiger partial charge in [0.25, 0.3) is 0 Å². The highest BCUT2D eigenvalue weighted by molar-refractivity contribution is 5.70. The summed E-state index contributed by atoms with van der Waals surface area (Å²) in [5, 5.41) is 0. The van der Waals surface area contributed by atoms with Crippen molar-refractivity contribution < 1.29 is 23.8 Å². The van der Waals surface area contributed by atoms with Crippen molar-refractivity contribution in [3.05, 3.63) is 97.2 Å². The molecule has 0 aromatic rings. The second kappa shape index (κ2) is 58.1. The third-order valence-corrected chi connectivity index (χ3v) is 12.1. The number of esters is 2. The van der Waals surface area contributed by atoms with Gasteiger partial charge < -0.3 is 14.2 Å². The summed E-state index contributed by atoms with van der Waals surface area (Å²) in [4.78, 5) is 25.5. The van der Waals surface area contributed by atoms with E-state index in [4.69, 9.17) is 14.2 Å². The molecule has 68 heavy (non-hydrogen) atoms. The molecule has 0 aromatic heterocycles. The minimum Gasteiger partial charge on any atom is -0.462 e. The van der Waals surface area contributed by atoms with Crippen LogP contribution in [-0.2, 0) is 23.8 Å². The summed E-state index contributed by atoms with van der Waals surface area (Å²) in [6.45, 7) is 7.55. The topological polar surface area (TPSA) is 61.8 Å². The predicted octanol–water partition coefficient (Wildman–Crippen LogP) is 19.8. The van der Waals surface area contributed by atoms with Crippen molar-refractivity contribution in [3.8, 4) is 0 Å². The van der Waals surface area contributed by atoms with Gasteiger partial charge in [-0.05, 0) is 89.9 Å². The van der Waals surface area contributed by atoms with Crippen LogP contribution in [-0.4, -0.2) is 37.9 Å². The third kappa shape index (κ3) is 55.4. The molecule has 0 aromatic carbocycles. The molecule has 5 nitrogen and oxygen atoms in total. The molecule has 0 rings (SSSR count). The van der Waals surface area contributed by atoms with E-state index in [9.17, 15) is 9.59 Å². The number of carbonyl (C=O) groups excluding carboxylic acids is 2. The molecule has 0 aliphatic heterocycles. The zero-order valence-electron chi connectivity index (χ0n) is 44.8. The van der Waals surface area contributed by atoms with Gasteiger partial charge in [-0.2, -0.15) is 0 Å². The maximum atomic E-state index is 12.8. The summed E-state index contributed by atoms with van der Waals surface area (Å²) < 4.78 is 17.4. The van der Waals surface area contributed by atoms with Gasteiger partial charge >= 0.3 is 11.9 Å². The minimum atomic E-state index is -0.572. The molecule has 0 N–H and O–H groups in total. The van der Waals surface area contributed by atoms with Crippen LogP contribution in [0.25, 0.3) is 0 Å². The quantitative estimate of drug-likeness (QED) is 0.0345. The van der Waals surface area contributed by atoms with Crippen LogP contribution in [0.1, 0.15) is 265 Å². The lowest BCUT2D eigenvalue weighted by Crippen LogP contribution is -2.30. The molecule has 0 fully saturated rings. The van der Waals surface area contributed by atoms with Crippen molar-refractivity contribution in [2.24, 2.45) is 0 Å². The molecule has 0 aliphatic carbocycles. The van der Waals surface area contributed by atoms with Crippen LogP contribution in [0.3, 0.4) is 0 Å². The highest BCUT2D eigenvalue weighted by atomic mass is 16.6. The average Bonchev–Trinajstić information content (AvgIpc) is 3.34. The summed E-state index contributed by atoms with van der Waals surface area (Å²) in [6.07, 6.45) is 78.7. The monoisotopic (exact) mass is 945 g/mol. The zero-order chi connectivity index (χ0) is 49.2. The fraction of sp³-hybridized carbons (Fsp3) is 0.714. The van der Waals surface area contributed by atoms with Crippen molar-refractivity contribution in [1.29, 1.82) is 0 Å². The van der Waals surface area contributed by atoms with Gasteiger partial charge in [0.1, 0.15) is 6.61 Å². The highest BCUT2D eigenvalue weighted by Crippen LogP contribution is 2.16. The maximum absolute atomic E-state index is 12.8. The Balaban J connectivity index is 4.35. The van der Waals surface area contributed by atoms with E-state index in [0.29, 0.717) is 19.4 Å². The van der Waals surface area contributed by atoms with E-state index in [1.807, 2.05) is 0 Å². The normalized spacial score (nSPS) is 12.9. The molecule has 0 aliphatic rings. The molecule has 0 saturated carbocycles. The Morgan fingerprint density at radius 3 is 1.10 bits per heavy atom. The van der Waals surface area contributed by atoms with Crippen LogP contribution in [0.15, 0.2) is 97.2 Å². The van der Waals surface area contributed by atoms with Gasteiger partial charge in [0.2, 0.25) is 0 Å². The molecule has 1 atom stereocenters. The van der Waals surface area contributed by atoms with E-state index >= 15 is 0 Å². The number of allylic oxidation sites excluding steroid dienone is 16. The first kappa shape index (κ1) is 64.8. The average molecular weight is 946 g/mol. The molecular weight excluding hydrogens is 837 g/mol. The van der Waals surface area contributed by atoms with Gasteiger partial charge in [-0.1, -0.05) is 259 Å². The predicted molar refractivity (Wildman–Crippen MR) is 297 cm³/mol. The summed E-state index contributed by atoms with van der Waals surface area (Å²) in [5.74, 6) is -0.480. The molecule has 0 spiro atoms. The smallest absolute Gasteiger partial charge is 0.306 e. The second-order valence-corrected chi connectivity index (χ2v) is 18.8. The summed E-state index contributed by atoms with van der Waals surface area (Å²) >= 11 is 0. The van der Waals surface area contributed by atoms with Crippen LogP contribution in [0.2, 0.25) is 0 Å². The Hall–Kier alpha value is -3.18. The van der Waals surface area contributed by atoms with Crippen molar-refractivity contribution in [2.75, 3.05) is 19.8 Å². The number of carbonyl (C=O) groups is 2. The van der Waals surface area contributed by atoms with E-state index in [1.165, 1.54) is 128 Å². The number of hydrogen-bond acceptors (Lipinski definition) is 5. The lowest BCUT2D eigenvalue weighted by Gasteiger charge is -2.18. The number of unbranched alkanes of at least 4 members (excludes halogenated alkanes) is 25. The number of hydrogen-bond donors (Lipinski definition) is 0. The van der Waals surface area contributed by atoms with Crippen molar-refractivity contribution in [2.45, 2.75) is 271 Å². The first-order chi connectivity index (χ1) is 33.6. The minimum absolute atomic E-state index is 0.0463. The number of ether oxygens (including phenoxy) is 3. The molecular formula is C63H108O5. The van der Waals surface area contributed by atoms with Crippen LogP contribution < -0.4 is 0 Å². The summed E-state index contributed by atoms with van der Waals surface area (Å²) in [7, 11) is 0. The molecule has 1 unspecified atom stereocenters.